The van der Waals surface area contributed by atoms with Crippen molar-refractivity contribution >= 4 is 27.8 Å². The number of rotatable bonds is 5. The van der Waals surface area contributed by atoms with E-state index in [1.807, 2.05) is 0 Å². The van der Waals surface area contributed by atoms with Gasteiger partial charge in [0.2, 0.25) is 0 Å². The number of anilines is 3. The maximum absolute atomic E-state index is 2.49. The SMILES string of the molecule is CC1(C)c2ccccc2-c2cc(N(c3ccc(C4CCCCC4)cc3)c3ccc4ccccc4c3-c3ccccc3)ccc21. The first-order valence-electron chi connectivity index (χ1n) is 16.3. The smallest absolute Gasteiger partial charge is 0.0546 e. The van der Waals surface area contributed by atoms with E-state index in [4.69, 9.17) is 0 Å². The maximum Gasteiger partial charge on any atom is 0.0546 e. The molecule has 6 aromatic carbocycles. The Morgan fingerprint density at radius 2 is 1.25 bits per heavy atom. The van der Waals surface area contributed by atoms with Gasteiger partial charge >= 0.3 is 0 Å². The van der Waals surface area contributed by atoms with Crippen LogP contribution in [0.25, 0.3) is 33.0 Å². The zero-order valence-corrected chi connectivity index (χ0v) is 25.8. The second kappa shape index (κ2) is 10.8. The normalized spacial score (nSPS) is 15.6. The van der Waals surface area contributed by atoms with Crippen LogP contribution in [0.3, 0.4) is 0 Å². The highest BCUT2D eigenvalue weighted by atomic mass is 15.1. The number of hydrogen-bond donors (Lipinski definition) is 0. The topological polar surface area (TPSA) is 3.24 Å². The van der Waals surface area contributed by atoms with Crippen molar-refractivity contribution in [3.05, 3.63) is 150 Å². The van der Waals surface area contributed by atoms with Gasteiger partial charge in [0.1, 0.15) is 0 Å². The summed E-state index contributed by atoms with van der Waals surface area (Å²) in [6, 6.07) is 49.9. The van der Waals surface area contributed by atoms with E-state index in [0.29, 0.717) is 5.92 Å². The van der Waals surface area contributed by atoms with Gasteiger partial charge in [0.15, 0.2) is 0 Å². The molecule has 2 aliphatic rings. The molecule has 0 atom stereocenters. The number of nitrogens with zero attached hydrogens (tertiary/aromatic N) is 1. The lowest BCUT2D eigenvalue weighted by Crippen LogP contribution is -2.15. The molecule has 0 N–H and O–H groups in total. The third-order valence-electron chi connectivity index (χ3n) is 10.3. The van der Waals surface area contributed by atoms with Crippen LogP contribution in [0.2, 0.25) is 0 Å². The molecule has 0 heterocycles. The van der Waals surface area contributed by atoms with E-state index in [-0.39, 0.29) is 5.41 Å². The Morgan fingerprint density at radius 1 is 0.568 bits per heavy atom. The molecule has 1 fully saturated rings. The highest BCUT2D eigenvalue weighted by Crippen LogP contribution is 2.51. The van der Waals surface area contributed by atoms with Gasteiger partial charge in [-0.25, -0.2) is 0 Å². The fourth-order valence-corrected chi connectivity index (χ4v) is 7.96. The molecule has 6 aromatic rings. The average Bonchev–Trinajstić information content (AvgIpc) is 3.31. The van der Waals surface area contributed by atoms with Crippen molar-refractivity contribution in [1.82, 2.24) is 0 Å². The number of fused-ring (bicyclic) bond motifs is 4. The fraction of sp³-hybridized carbons (Fsp3) is 0.209. The summed E-state index contributed by atoms with van der Waals surface area (Å²) in [4.78, 5) is 2.49. The predicted octanol–water partition coefficient (Wildman–Crippen LogP) is 12.3. The molecule has 2 aliphatic carbocycles. The van der Waals surface area contributed by atoms with E-state index in [0.717, 1.165) is 0 Å². The van der Waals surface area contributed by atoms with Crippen molar-refractivity contribution in [2.45, 2.75) is 57.3 Å². The molecular formula is C43H39N. The van der Waals surface area contributed by atoms with Crippen LogP contribution in [0.1, 0.15) is 68.6 Å². The summed E-state index contributed by atoms with van der Waals surface area (Å²) < 4.78 is 0. The minimum Gasteiger partial charge on any atom is -0.310 e. The van der Waals surface area contributed by atoms with Gasteiger partial charge in [0.25, 0.3) is 0 Å². The minimum absolute atomic E-state index is 0.0188. The summed E-state index contributed by atoms with van der Waals surface area (Å²) in [6.45, 7) is 4.71. The summed E-state index contributed by atoms with van der Waals surface area (Å²) in [5.74, 6) is 0.686. The van der Waals surface area contributed by atoms with Crippen LogP contribution in [0.5, 0.6) is 0 Å². The van der Waals surface area contributed by atoms with E-state index in [1.165, 1.54) is 98.9 Å². The monoisotopic (exact) mass is 569 g/mol. The first-order valence-corrected chi connectivity index (χ1v) is 16.3. The first-order chi connectivity index (χ1) is 21.6. The Balaban J connectivity index is 1.35. The van der Waals surface area contributed by atoms with Gasteiger partial charge in [-0.3, -0.25) is 0 Å². The molecule has 0 aliphatic heterocycles. The van der Waals surface area contributed by atoms with Gasteiger partial charge in [-0.2, -0.15) is 0 Å². The van der Waals surface area contributed by atoms with Gasteiger partial charge in [-0.05, 0) is 93.2 Å². The summed E-state index contributed by atoms with van der Waals surface area (Å²) in [6.07, 6.45) is 6.70. The van der Waals surface area contributed by atoms with E-state index in [1.54, 1.807) is 0 Å². The van der Waals surface area contributed by atoms with Crippen LogP contribution in [-0.4, -0.2) is 0 Å². The summed E-state index contributed by atoms with van der Waals surface area (Å²) in [7, 11) is 0. The Labute approximate surface area is 261 Å². The van der Waals surface area contributed by atoms with E-state index in [9.17, 15) is 0 Å². The standard InChI is InChI=1S/C43H39N/c1-43(2)39-20-12-11-19-37(39)38-29-35(26-27-40(38)43)44(34-24-21-31(22-25-34)30-13-5-3-6-14-30)41-28-23-32-15-9-10-18-36(32)42(41)33-16-7-4-8-17-33/h4,7-12,15-30H,3,5-6,13-14H2,1-2H3. The minimum atomic E-state index is -0.0188. The first kappa shape index (κ1) is 27.0. The molecule has 0 radical (unpaired) electrons. The molecule has 44 heavy (non-hydrogen) atoms. The van der Waals surface area contributed by atoms with Gasteiger partial charge in [0, 0.05) is 22.4 Å². The predicted molar refractivity (Wildman–Crippen MR) is 187 cm³/mol. The van der Waals surface area contributed by atoms with Crippen molar-refractivity contribution in [1.29, 1.82) is 0 Å². The zero-order chi connectivity index (χ0) is 29.7. The summed E-state index contributed by atoms with van der Waals surface area (Å²) in [5, 5.41) is 2.53. The Hall–Kier alpha value is -4.62. The van der Waals surface area contributed by atoms with Gasteiger partial charge < -0.3 is 4.90 Å². The van der Waals surface area contributed by atoms with Crippen molar-refractivity contribution < 1.29 is 0 Å². The van der Waals surface area contributed by atoms with E-state index in [2.05, 4.69) is 152 Å². The van der Waals surface area contributed by atoms with Crippen LogP contribution in [0.15, 0.2) is 133 Å². The average molecular weight is 570 g/mol. The molecule has 0 bridgehead atoms. The second-order valence-corrected chi connectivity index (χ2v) is 13.2. The quantitative estimate of drug-likeness (QED) is 0.200. The highest BCUT2D eigenvalue weighted by Gasteiger charge is 2.35. The van der Waals surface area contributed by atoms with Crippen LogP contribution in [-0.2, 0) is 5.41 Å². The molecule has 216 valence electrons. The molecule has 0 unspecified atom stereocenters. The molecule has 0 saturated heterocycles. The van der Waals surface area contributed by atoms with Crippen molar-refractivity contribution in [2.24, 2.45) is 0 Å². The molecule has 1 saturated carbocycles. The van der Waals surface area contributed by atoms with Crippen molar-refractivity contribution in [3.8, 4) is 22.3 Å². The molecule has 1 heteroatoms. The lowest BCUT2D eigenvalue weighted by molar-refractivity contribution is 0.443. The van der Waals surface area contributed by atoms with Gasteiger partial charge in [-0.1, -0.05) is 136 Å². The number of hydrogen-bond acceptors (Lipinski definition) is 1. The largest absolute Gasteiger partial charge is 0.310 e. The molecule has 0 aromatic heterocycles. The van der Waals surface area contributed by atoms with Crippen LogP contribution < -0.4 is 4.90 Å². The Bertz CT molecular complexity index is 1960. The van der Waals surface area contributed by atoms with Gasteiger partial charge in [0.05, 0.1) is 5.69 Å². The summed E-state index contributed by atoms with van der Waals surface area (Å²) >= 11 is 0. The van der Waals surface area contributed by atoms with Crippen LogP contribution in [0.4, 0.5) is 17.1 Å². The summed E-state index contributed by atoms with van der Waals surface area (Å²) in [5.41, 5.74) is 13.1. The second-order valence-electron chi connectivity index (χ2n) is 13.2. The fourth-order valence-electron chi connectivity index (χ4n) is 7.96. The third-order valence-corrected chi connectivity index (χ3v) is 10.3. The number of benzene rings is 6. The van der Waals surface area contributed by atoms with Crippen LogP contribution in [0, 0.1) is 0 Å². The molecule has 8 rings (SSSR count). The maximum atomic E-state index is 2.49. The lowest BCUT2D eigenvalue weighted by Gasteiger charge is -2.30. The molecule has 0 spiro atoms. The Morgan fingerprint density at radius 3 is 2.07 bits per heavy atom. The highest BCUT2D eigenvalue weighted by molar-refractivity contribution is 6.05. The molecule has 1 nitrogen and oxygen atoms in total. The molecular weight excluding hydrogens is 530 g/mol. The van der Waals surface area contributed by atoms with E-state index >= 15 is 0 Å². The van der Waals surface area contributed by atoms with Crippen LogP contribution >= 0.6 is 0 Å². The zero-order valence-electron chi connectivity index (χ0n) is 25.8. The third kappa shape index (κ3) is 4.46. The Kier molecular flexibility index (Phi) is 6.64. The van der Waals surface area contributed by atoms with E-state index < -0.39 is 0 Å². The lowest BCUT2D eigenvalue weighted by atomic mass is 9.82. The van der Waals surface area contributed by atoms with Gasteiger partial charge in [-0.15, -0.1) is 0 Å². The molecule has 0 amide bonds. The van der Waals surface area contributed by atoms with Crippen molar-refractivity contribution in [3.63, 3.8) is 0 Å². The van der Waals surface area contributed by atoms with Crippen molar-refractivity contribution in [2.75, 3.05) is 4.90 Å².